The van der Waals surface area contributed by atoms with Crippen LogP contribution in [0.1, 0.15) is 18.1 Å². The number of benzene rings is 2. The third-order valence-corrected chi connectivity index (χ3v) is 4.09. The molecule has 2 aromatic rings. The molecule has 0 aliphatic carbocycles. The molecule has 0 saturated heterocycles. The molecule has 2 rings (SSSR count). The zero-order valence-corrected chi connectivity index (χ0v) is 17.5. The normalized spacial score (nSPS) is 11.3. The van der Waals surface area contributed by atoms with Gasteiger partial charge in [-0.05, 0) is 36.8 Å². The molecule has 0 aliphatic heterocycles. The molecule has 0 unspecified atom stereocenters. The summed E-state index contributed by atoms with van der Waals surface area (Å²) in [4.78, 5) is 21.5. The summed E-state index contributed by atoms with van der Waals surface area (Å²) in [5.74, 6) is -0.329. The highest BCUT2D eigenvalue weighted by molar-refractivity contribution is 6.32. The summed E-state index contributed by atoms with van der Waals surface area (Å²) in [5.41, 5.74) is 0.525. The van der Waals surface area contributed by atoms with Gasteiger partial charge in [0.05, 0.1) is 35.4 Å². The molecule has 9 nitrogen and oxygen atoms in total. The number of halogens is 4. The number of nitro benzene ring substituents is 1. The van der Waals surface area contributed by atoms with Gasteiger partial charge in [0, 0.05) is 6.07 Å². The van der Waals surface area contributed by atoms with Crippen LogP contribution in [-0.4, -0.2) is 37.4 Å². The van der Waals surface area contributed by atoms with Crippen molar-refractivity contribution in [2.24, 2.45) is 5.10 Å². The first-order valence-electron chi connectivity index (χ1n) is 8.87. The molecule has 0 atom stereocenters. The molecule has 0 fully saturated rings. The Morgan fingerprint density at radius 1 is 1.28 bits per heavy atom. The minimum Gasteiger partial charge on any atom is -0.490 e. The van der Waals surface area contributed by atoms with Crippen molar-refractivity contribution in [2.75, 3.05) is 25.7 Å². The van der Waals surface area contributed by atoms with Crippen LogP contribution in [0.5, 0.6) is 11.5 Å². The molecule has 172 valence electrons. The second-order valence-electron chi connectivity index (χ2n) is 5.98. The number of hydrazone groups is 1. The maximum absolute atomic E-state index is 12.8. The Morgan fingerprint density at radius 3 is 2.59 bits per heavy atom. The predicted molar refractivity (Wildman–Crippen MR) is 109 cm³/mol. The third kappa shape index (κ3) is 6.48. The number of ether oxygens (including phenoxy) is 3. The summed E-state index contributed by atoms with van der Waals surface area (Å²) in [7, 11) is 1.20. The van der Waals surface area contributed by atoms with Crippen LogP contribution < -0.4 is 14.9 Å². The molecule has 0 aliphatic rings. The Kier molecular flexibility index (Phi) is 8.24. The molecule has 32 heavy (non-hydrogen) atoms. The fourth-order valence-electron chi connectivity index (χ4n) is 2.39. The molecule has 0 spiro atoms. The molecule has 0 saturated carbocycles. The zero-order valence-electron chi connectivity index (χ0n) is 16.7. The van der Waals surface area contributed by atoms with E-state index in [4.69, 9.17) is 21.1 Å². The molecular weight excluding hydrogens is 459 g/mol. The molecule has 13 heteroatoms. The molecule has 0 amide bonds. The van der Waals surface area contributed by atoms with Gasteiger partial charge in [-0.3, -0.25) is 15.5 Å². The van der Waals surface area contributed by atoms with Gasteiger partial charge in [-0.25, -0.2) is 4.79 Å². The van der Waals surface area contributed by atoms with E-state index < -0.39 is 34.9 Å². The van der Waals surface area contributed by atoms with Crippen LogP contribution in [0.2, 0.25) is 5.02 Å². The monoisotopic (exact) mass is 475 g/mol. The summed E-state index contributed by atoms with van der Waals surface area (Å²) in [6.07, 6.45) is -3.50. The van der Waals surface area contributed by atoms with Gasteiger partial charge in [0.15, 0.2) is 18.1 Å². The maximum atomic E-state index is 12.8. The van der Waals surface area contributed by atoms with Crippen molar-refractivity contribution in [1.29, 1.82) is 0 Å². The highest BCUT2D eigenvalue weighted by Crippen LogP contribution is 2.37. The fourth-order valence-corrected chi connectivity index (χ4v) is 2.66. The number of nitro groups is 1. The van der Waals surface area contributed by atoms with Crippen molar-refractivity contribution in [2.45, 2.75) is 13.1 Å². The zero-order chi connectivity index (χ0) is 23.9. The van der Waals surface area contributed by atoms with Gasteiger partial charge in [-0.2, -0.15) is 18.3 Å². The van der Waals surface area contributed by atoms with Crippen molar-refractivity contribution in [3.05, 3.63) is 56.6 Å². The van der Waals surface area contributed by atoms with Gasteiger partial charge >= 0.3 is 12.1 Å². The van der Waals surface area contributed by atoms with Gasteiger partial charge < -0.3 is 14.2 Å². The molecule has 0 aromatic heterocycles. The lowest BCUT2D eigenvalue weighted by molar-refractivity contribution is -0.384. The van der Waals surface area contributed by atoms with E-state index in [0.29, 0.717) is 17.7 Å². The molecule has 0 radical (unpaired) electrons. The Balaban J connectivity index is 2.26. The molecule has 2 aromatic carbocycles. The van der Waals surface area contributed by atoms with Crippen LogP contribution in [-0.2, 0) is 15.7 Å². The lowest BCUT2D eigenvalue weighted by atomic mass is 10.1. The van der Waals surface area contributed by atoms with Crippen molar-refractivity contribution < 1.29 is 37.1 Å². The lowest BCUT2D eigenvalue weighted by Crippen LogP contribution is -2.13. The number of esters is 1. The second-order valence-corrected chi connectivity index (χ2v) is 6.39. The van der Waals surface area contributed by atoms with Crippen LogP contribution in [0.3, 0.4) is 0 Å². The molecular formula is C19H17ClF3N3O6. The number of hydrogen-bond donors (Lipinski definition) is 1. The van der Waals surface area contributed by atoms with Gasteiger partial charge in [0.25, 0.3) is 5.69 Å². The van der Waals surface area contributed by atoms with E-state index in [1.165, 1.54) is 25.5 Å². The van der Waals surface area contributed by atoms with E-state index in [2.05, 4.69) is 15.3 Å². The van der Waals surface area contributed by atoms with Crippen LogP contribution in [0.4, 0.5) is 24.5 Å². The Labute approximate surface area is 184 Å². The average molecular weight is 476 g/mol. The first-order chi connectivity index (χ1) is 15.1. The van der Waals surface area contributed by atoms with E-state index >= 15 is 0 Å². The van der Waals surface area contributed by atoms with Gasteiger partial charge in [-0.1, -0.05) is 11.6 Å². The Bertz CT molecular complexity index is 1030. The number of carbonyl (C=O) groups excluding carboxylic acids is 1. The predicted octanol–water partition coefficient (Wildman–Crippen LogP) is 4.66. The highest BCUT2D eigenvalue weighted by Gasteiger charge is 2.33. The summed E-state index contributed by atoms with van der Waals surface area (Å²) >= 11 is 6.18. The number of carbonyl (C=O) groups is 1. The van der Waals surface area contributed by atoms with E-state index in [0.717, 1.165) is 6.07 Å². The molecule has 0 bridgehead atoms. The first kappa shape index (κ1) is 24.7. The quantitative estimate of drug-likeness (QED) is 0.243. The van der Waals surface area contributed by atoms with Crippen LogP contribution in [0.25, 0.3) is 0 Å². The highest BCUT2D eigenvalue weighted by atomic mass is 35.5. The van der Waals surface area contributed by atoms with Crippen LogP contribution in [0, 0.1) is 10.1 Å². The third-order valence-electron chi connectivity index (χ3n) is 3.81. The Morgan fingerprint density at radius 2 is 2.00 bits per heavy atom. The van der Waals surface area contributed by atoms with E-state index in [1.807, 2.05) is 0 Å². The average Bonchev–Trinajstić information content (AvgIpc) is 2.72. The Hall–Kier alpha value is -3.54. The maximum Gasteiger partial charge on any atom is 0.416 e. The number of methoxy groups -OCH3 is 1. The summed E-state index contributed by atoms with van der Waals surface area (Å²) in [6.45, 7) is 1.56. The van der Waals surface area contributed by atoms with Crippen molar-refractivity contribution in [3.63, 3.8) is 0 Å². The number of hydrogen-bond acceptors (Lipinski definition) is 8. The van der Waals surface area contributed by atoms with Crippen molar-refractivity contribution in [1.82, 2.24) is 0 Å². The number of anilines is 1. The van der Waals surface area contributed by atoms with Gasteiger partial charge in [0.2, 0.25) is 0 Å². The second kappa shape index (κ2) is 10.7. The van der Waals surface area contributed by atoms with Gasteiger partial charge in [-0.15, -0.1) is 0 Å². The van der Waals surface area contributed by atoms with E-state index in [-0.39, 0.29) is 28.8 Å². The minimum atomic E-state index is -4.73. The first-order valence-corrected chi connectivity index (χ1v) is 9.25. The standard InChI is InChI=1S/C19H17ClF3N3O6/c1-3-31-16-7-11(6-13(20)18(16)32-10-17(27)30-2)9-24-25-14-5-4-12(19(21,22)23)8-15(14)26(28)29/h4-9,25H,3,10H2,1-2H3/b24-9-. The lowest BCUT2D eigenvalue weighted by Gasteiger charge is -2.13. The van der Waals surface area contributed by atoms with Crippen molar-refractivity contribution in [3.8, 4) is 11.5 Å². The van der Waals surface area contributed by atoms with Crippen molar-refractivity contribution >= 4 is 35.2 Å². The summed E-state index contributed by atoms with van der Waals surface area (Å²) in [5, 5.41) is 15.0. The summed E-state index contributed by atoms with van der Waals surface area (Å²) < 4.78 is 53.6. The topological polar surface area (TPSA) is 112 Å². The minimum absolute atomic E-state index is 0.0850. The van der Waals surface area contributed by atoms with E-state index in [1.54, 1.807) is 6.92 Å². The van der Waals surface area contributed by atoms with E-state index in [9.17, 15) is 28.1 Å². The number of rotatable bonds is 9. The number of nitrogens with one attached hydrogen (secondary N) is 1. The number of nitrogens with zero attached hydrogens (tertiary/aromatic N) is 2. The van der Waals surface area contributed by atoms with Crippen LogP contribution in [0.15, 0.2) is 35.4 Å². The van der Waals surface area contributed by atoms with Crippen LogP contribution >= 0.6 is 11.6 Å². The summed E-state index contributed by atoms with van der Waals surface area (Å²) in [6, 6.07) is 4.91. The fraction of sp³-hybridized carbons (Fsp3) is 0.263. The molecule has 0 heterocycles. The largest absolute Gasteiger partial charge is 0.490 e. The smallest absolute Gasteiger partial charge is 0.416 e. The number of alkyl halides is 3. The molecule has 1 N–H and O–H groups in total. The van der Waals surface area contributed by atoms with Gasteiger partial charge in [0.1, 0.15) is 5.69 Å². The SMILES string of the molecule is CCOc1cc(/C=N\Nc2ccc(C(F)(F)F)cc2[N+](=O)[O-])cc(Cl)c1OCC(=O)OC.